The van der Waals surface area contributed by atoms with Gasteiger partial charge >= 0.3 is 0 Å². The number of carbonyl (C=O) groups is 1. The zero-order chi connectivity index (χ0) is 15.1. The molecule has 0 N–H and O–H groups in total. The Bertz CT molecular complexity index is 549. The number of nitrogens with zero attached hydrogens (tertiary/aromatic N) is 1. The average molecular weight is 287 g/mol. The van der Waals surface area contributed by atoms with Crippen molar-refractivity contribution >= 4 is 12.0 Å². The van der Waals surface area contributed by atoms with Crippen LogP contribution in [0.2, 0.25) is 0 Å². The van der Waals surface area contributed by atoms with Crippen LogP contribution in [0.25, 0.3) is 6.08 Å². The number of ether oxygens (including phenoxy) is 2. The summed E-state index contributed by atoms with van der Waals surface area (Å²) in [4.78, 5) is 13.5. The highest BCUT2D eigenvalue weighted by atomic mass is 16.7. The largest absolute Gasteiger partial charge is 0.454 e. The zero-order valence-corrected chi connectivity index (χ0v) is 12.5. The number of carbonyl (C=O) groups excluding carboxylic acids is 1. The number of rotatable bonds is 6. The number of allylic oxidation sites excluding steroid dienone is 2. The van der Waals surface area contributed by atoms with E-state index >= 15 is 0 Å². The topological polar surface area (TPSA) is 38.8 Å². The van der Waals surface area contributed by atoms with Crippen molar-refractivity contribution in [3.05, 3.63) is 42.0 Å². The summed E-state index contributed by atoms with van der Waals surface area (Å²) in [5, 5.41) is 0. The van der Waals surface area contributed by atoms with E-state index in [0.29, 0.717) is 0 Å². The molecule has 0 unspecified atom stereocenters. The predicted molar refractivity (Wildman–Crippen MR) is 83.3 cm³/mol. The quantitative estimate of drug-likeness (QED) is 0.595. The van der Waals surface area contributed by atoms with E-state index in [4.69, 9.17) is 9.47 Å². The summed E-state index contributed by atoms with van der Waals surface area (Å²) in [6, 6.07) is 5.75. The minimum Gasteiger partial charge on any atom is -0.454 e. The lowest BCUT2D eigenvalue weighted by Gasteiger charge is -2.13. The van der Waals surface area contributed by atoms with Gasteiger partial charge in [0, 0.05) is 19.7 Å². The van der Waals surface area contributed by atoms with E-state index < -0.39 is 0 Å². The summed E-state index contributed by atoms with van der Waals surface area (Å²) in [5.41, 5.74) is 1.01. The molecule has 0 aliphatic carbocycles. The molecule has 4 heteroatoms. The fourth-order valence-electron chi connectivity index (χ4n) is 1.95. The van der Waals surface area contributed by atoms with E-state index in [-0.39, 0.29) is 12.7 Å². The van der Waals surface area contributed by atoms with Gasteiger partial charge in [0.25, 0.3) is 0 Å². The average Bonchev–Trinajstić information content (AvgIpc) is 2.96. The van der Waals surface area contributed by atoms with Crippen LogP contribution in [0.3, 0.4) is 0 Å². The lowest BCUT2D eigenvalue weighted by atomic mass is 10.2. The molecule has 0 saturated heterocycles. The first-order chi connectivity index (χ1) is 10.2. The molecule has 1 aliphatic rings. The Balaban J connectivity index is 1.87. The highest BCUT2D eigenvalue weighted by molar-refractivity contribution is 5.87. The molecule has 1 amide bonds. The standard InChI is InChI=1S/C17H21NO3/c1-3-4-11-18(2)17(19)8-6-5-7-14-9-10-15-16(12-14)21-13-20-15/h5-10,12H,3-4,11,13H2,1-2H3/b7-5+,8-6+. The molecular formula is C17H21NO3. The van der Waals surface area contributed by atoms with Crippen molar-refractivity contribution in [2.75, 3.05) is 20.4 Å². The van der Waals surface area contributed by atoms with E-state index in [1.807, 2.05) is 37.4 Å². The van der Waals surface area contributed by atoms with Gasteiger partial charge in [-0.05, 0) is 24.1 Å². The predicted octanol–water partition coefficient (Wildman–Crippen LogP) is 3.24. The van der Waals surface area contributed by atoms with Gasteiger partial charge in [-0.1, -0.05) is 37.6 Å². The SMILES string of the molecule is CCCCN(C)C(=O)/C=C/C=C/c1ccc2c(c1)OCO2. The molecule has 2 rings (SSSR count). The van der Waals surface area contributed by atoms with Crippen LogP contribution in [0, 0.1) is 0 Å². The van der Waals surface area contributed by atoms with Crippen molar-refractivity contribution in [1.82, 2.24) is 4.90 Å². The molecule has 4 nitrogen and oxygen atoms in total. The third-order valence-corrected chi connectivity index (χ3v) is 3.26. The van der Waals surface area contributed by atoms with Crippen LogP contribution < -0.4 is 9.47 Å². The molecule has 112 valence electrons. The van der Waals surface area contributed by atoms with Gasteiger partial charge in [0.05, 0.1) is 0 Å². The van der Waals surface area contributed by atoms with Crippen molar-refractivity contribution in [2.24, 2.45) is 0 Å². The Kier molecular flexibility index (Phi) is 5.43. The number of hydrogen-bond acceptors (Lipinski definition) is 3. The molecular weight excluding hydrogens is 266 g/mol. The summed E-state index contributed by atoms with van der Waals surface area (Å²) in [6.45, 7) is 3.19. The van der Waals surface area contributed by atoms with Crippen molar-refractivity contribution in [1.29, 1.82) is 0 Å². The van der Waals surface area contributed by atoms with Crippen molar-refractivity contribution in [3.8, 4) is 11.5 Å². The summed E-state index contributed by atoms with van der Waals surface area (Å²) in [7, 11) is 1.82. The summed E-state index contributed by atoms with van der Waals surface area (Å²) >= 11 is 0. The second-order valence-corrected chi connectivity index (χ2v) is 4.94. The molecule has 1 aromatic carbocycles. The molecule has 0 atom stereocenters. The monoisotopic (exact) mass is 287 g/mol. The van der Waals surface area contributed by atoms with Gasteiger partial charge in [-0.25, -0.2) is 0 Å². The first-order valence-electron chi connectivity index (χ1n) is 7.20. The maximum atomic E-state index is 11.8. The number of likely N-dealkylation sites (N-methyl/N-ethyl adjacent to an activating group) is 1. The molecule has 0 radical (unpaired) electrons. The molecule has 0 spiro atoms. The van der Waals surface area contributed by atoms with Gasteiger partial charge in [0.1, 0.15) is 0 Å². The molecule has 21 heavy (non-hydrogen) atoms. The Morgan fingerprint density at radius 2 is 2.10 bits per heavy atom. The molecule has 0 fully saturated rings. The summed E-state index contributed by atoms with van der Waals surface area (Å²) < 4.78 is 10.6. The first-order valence-corrected chi connectivity index (χ1v) is 7.20. The number of fused-ring (bicyclic) bond motifs is 1. The fraction of sp³-hybridized carbons (Fsp3) is 0.353. The molecule has 1 heterocycles. The van der Waals surface area contributed by atoms with E-state index in [1.54, 1.807) is 17.1 Å². The van der Waals surface area contributed by atoms with E-state index in [9.17, 15) is 4.79 Å². The maximum absolute atomic E-state index is 11.8. The van der Waals surface area contributed by atoms with Crippen LogP contribution in [0.1, 0.15) is 25.3 Å². The first kappa shape index (κ1) is 15.2. The Morgan fingerprint density at radius 1 is 1.29 bits per heavy atom. The van der Waals surface area contributed by atoms with Crippen molar-refractivity contribution in [3.63, 3.8) is 0 Å². The zero-order valence-electron chi connectivity index (χ0n) is 12.5. The highest BCUT2D eigenvalue weighted by Gasteiger charge is 2.11. The van der Waals surface area contributed by atoms with Gasteiger partial charge in [-0.2, -0.15) is 0 Å². The number of unbranched alkanes of at least 4 members (excludes halogenated alkanes) is 1. The summed E-state index contributed by atoms with van der Waals surface area (Å²) in [5.74, 6) is 1.56. The minimum absolute atomic E-state index is 0.0267. The van der Waals surface area contributed by atoms with E-state index in [2.05, 4.69) is 6.92 Å². The molecule has 1 aromatic rings. The van der Waals surface area contributed by atoms with Gasteiger partial charge < -0.3 is 14.4 Å². The Hall–Kier alpha value is -2.23. The second-order valence-electron chi connectivity index (χ2n) is 4.94. The maximum Gasteiger partial charge on any atom is 0.246 e. The second kappa shape index (κ2) is 7.53. The Labute approximate surface area is 125 Å². The van der Waals surface area contributed by atoms with Crippen LogP contribution in [-0.4, -0.2) is 31.2 Å². The lowest BCUT2D eigenvalue weighted by Crippen LogP contribution is -2.25. The van der Waals surface area contributed by atoms with Crippen LogP contribution in [0.4, 0.5) is 0 Å². The molecule has 0 aromatic heterocycles. The third-order valence-electron chi connectivity index (χ3n) is 3.26. The van der Waals surface area contributed by atoms with Crippen LogP contribution in [0.5, 0.6) is 11.5 Å². The van der Waals surface area contributed by atoms with Crippen LogP contribution >= 0.6 is 0 Å². The van der Waals surface area contributed by atoms with Crippen molar-refractivity contribution < 1.29 is 14.3 Å². The van der Waals surface area contributed by atoms with Gasteiger partial charge in [-0.3, -0.25) is 4.79 Å². The van der Waals surface area contributed by atoms with Gasteiger partial charge in [-0.15, -0.1) is 0 Å². The van der Waals surface area contributed by atoms with Crippen molar-refractivity contribution in [2.45, 2.75) is 19.8 Å². The molecule has 1 aliphatic heterocycles. The third kappa shape index (κ3) is 4.38. The van der Waals surface area contributed by atoms with Gasteiger partial charge in [0.2, 0.25) is 12.7 Å². The van der Waals surface area contributed by atoms with E-state index in [1.165, 1.54) is 0 Å². The molecule has 0 saturated carbocycles. The normalized spacial score (nSPS) is 13.2. The van der Waals surface area contributed by atoms with Crippen LogP contribution in [-0.2, 0) is 4.79 Å². The molecule has 0 bridgehead atoms. The Morgan fingerprint density at radius 3 is 2.90 bits per heavy atom. The highest BCUT2D eigenvalue weighted by Crippen LogP contribution is 2.32. The van der Waals surface area contributed by atoms with Gasteiger partial charge in [0.15, 0.2) is 11.5 Å². The minimum atomic E-state index is 0.0267. The lowest BCUT2D eigenvalue weighted by molar-refractivity contribution is -0.124. The number of benzene rings is 1. The summed E-state index contributed by atoms with van der Waals surface area (Å²) in [6.07, 6.45) is 9.24. The fourth-order valence-corrected chi connectivity index (χ4v) is 1.95. The van der Waals surface area contributed by atoms with Crippen LogP contribution in [0.15, 0.2) is 36.4 Å². The van der Waals surface area contributed by atoms with E-state index in [0.717, 1.165) is 36.4 Å². The number of hydrogen-bond donors (Lipinski definition) is 0. The smallest absolute Gasteiger partial charge is 0.246 e. The number of amides is 1.